The number of carbonyl (C=O) groups is 1. The Labute approximate surface area is 172 Å². The molecule has 29 heavy (non-hydrogen) atoms. The fourth-order valence-corrected chi connectivity index (χ4v) is 3.55. The van der Waals surface area contributed by atoms with Crippen molar-refractivity contribution >= 4 is 29.1 Å². The van der Waals surface area contributed by atoms with Crippen LogP contribution in [0.4, 0.5) is 11.8 Å². The number of aldehydes is 1. The Hall–Kier alpha value is -2.80. The number of hydrogen-bond donors (Lipinski definition) is 1. The van der Waals surface area contributed by atoms with Crippen LogP contribution in [-0.4, -0.2) is 51.8 Å². The summed E-state index contributed by atoms with van der Waals surface area (Å²) in [6, 6.07) is 6.19. The Morgan fingerprint density at radius 2 is 1.90 bits per heavy atom. The van der Waals surface area contributed by atoms with E-state index in [1.54, 1.807) is 6.20 Å². The van der Waals surface area contributed by atoms with Gasteiger partial charge in [-0.25, -0.2) is 9.97 Å². The third kappa shape index (κ3) is 5.17. The minimum absolute atomic E-state index is 0.349. The molecule has 7 heteroatoms. The van der Waals surface area contributed by atoms with E-state index in [0.29, 0.717) is 23.5 Å². The SMILES string of the molecule is CCc1ccc(Nc2ncc3cc(C=O)n(C4CCCC4)c3n2)nc1.CN(C)C. The number of rotatable bonds is 5. The Morgan fingerprint density at radius 3 is 2.48 bits per heavy atom. The van der Waals surface area contributed by atoms with Gasteiger partial charge in [0.2, 0.25) is 5.95 Å². The fraction of sp³-hybridized carbons (Fsp3) is 0.455. The maximum Gasteiger partial charge on any atom is 0.230 e. The van der Waals surface area contributed by atoms with Crippen molar-refractivity contribution in [3.63, 3.8) is 0 Å². The van der Waals surface area contributed by atoms with Gasteiger partial charge in [0.05, 0.1) is 5.69 Å². The molecule has 0 atom stereocenters. The highest BCUT2D eigenvalue weighted by atomic mass is 16.1. The molecule has 1 aliphatic rings. The zero-order valence-corrected chi connectivity index (χ0v) is 17.7. The molecule has 0 aliphatic heterocycles. The highest BCUT2D eigenvalue weighted by Crippen LogP contribution is 2.34. The molecule has 0 unspecified atom stereocenters. The van der Waals surface area contributed by atoms with E-state index in [0.717, 1.165) is 36.6 Å². The summed E-state index contributed by atoms with van der Waals surface area (Å²) >= 11 is 0. The molecule has 0 bridgehead atoms. The smallest absolute Gasteiger partial charge is 0.230 e. The largest absolute Gasteiger partial charge is 0.320 e. The van der Waals surface area contributed by atoms with Gasteiger partial charge in [-0.2, -0.15) is 4.98 Å². The van der Waals surface area contributed by atoms with Crippen LogP contribution in [0.1, 0.15) is 54.7 Å². The van der Waals surface area contributed by atoms with Gasteiger partial charge in [0, 0.05) is 23.8 Å². The first-order valence-electron chi connectivity index (χ1n) is 10.2. The Bertz CT molecular complexity index is 939. The van der Waals surface area contributed by atoms with E-state index in [2.05, 4.69) is 31.8 Å². The normalized spacial score (nSPS) is 14.1. The van der Waals surface area contributed by atoms with Crippen LogP contribution in [0.5, 0.6) is 0 Å². The molecule has 1 N–H and O–H groups in total. The third-order valence-electron chi connectivity index (χ3n) is 4.89. The summed E-state index contributed by atoms with van der Waals surface area (Å²) < 4.78 is 2.08. The van der Waals surface area contributed by atoms with Gasteiger partial charge in [-0.3, -0.25) is 4.79 Å². The molecule has 1 aliphatic carbocycles. The second-order valence-electron chi connectivity index (χ2n) is 7.84. The molecule has 3 aromatic rings. The van der Waals surface area contributed by atoms with Gasteiger partial charge in [-0.05, 0) is 58.1 Å². The van der Waals surface area contributed by atoms with Crippen molar-refractivity contribution in [1.82, 2.24) is 24.4 Å². The number of aryl methyl sites for hydroxylation is 1. The van der Waals surface area contributed by atoms with Crippen molar-refractivity contribution in [1.29, 1.82) is 0 Å². The minimum Gasteiger partial charge on any atom is -0.320 e. The summed E-state index contributed by atoms with van der Waals surface area (Å²) in [5, 5.41) is 4.05. The van der Waals surface area contributed by atoms with Crippen LogP contribution in [0.2, 0.25) is 0 Å². The van der Waals surface area contributed by atoms with Crippen LogP contribution in [0.25, 0.3) is 11.0 Å². The molecule has 1 fully saturated rings. The monoisotopic (exact) mass is 394 g/mol. The molecule has 0 spiro atoms. The van der Waals surface area contributed by atoms with Crippen LogP contribution < -0.4 is 5.32 Å². The number of nitrogens with zero attached hydrogens (tertiary/aromatic N) is 5. The molecular weight excluding hydrogens is 364 g/mol. The van der Waals surface area contributed by atoms with E-state index in [1.165, 1.54) is 18.4 Å². The second-order valence-corrected chi connectivity index (χ2v) is 7.84. The number of aromatic nitrogens is 4. The van der Waals surface area contributed by atoms with E-state index in [1.807, 2.05) is 50.4 Å². The summed E-state index contributed by atoms with van der Waals surface area (Å²) in [5.41, 5.74) is 2.68. The van der Waals surface area contributed by atoms with Gasteiger partial charge in [0.25, 0.3) is 0 Å². The molecule has 3 aromatic heterocycles. The molecule has 4 rings (SSSR count). The number of nitrogens with one attached hydrogen (secondary N) is 1. The zero-order chi connectivity index (χ0) is 20.8. The van der Waals surface area contributed by atoms with Crippen LogP contribution in [-0.2, 0) is 6.42 Å². The second kappa shape index (κ2) is 9.60. The average Bonchev–Trinajstić information content (AvgIpc) is 3.35. The maximum atomic E-state index is 11.5. The lowest BCUT2D eigenvalue weighted by molar-refractivity contribution is 0.111. The molecule has 0 amide bonds. The molecular formula is C22H30N6O. The zero-order valence-electron chi connectivity index (χ0n) is 17.7. The third-order valence-corrected chi connectivity index (χ3v) is 4.89. The number of pyridine rings is 1. The molecule has 3 heterocycles. The lowest BCUT2D eigenvalue weighted by atomic mass is 10.2. The summed E-state index contributed by atoms with van der Waals surface area (Å²) in [4.78, 5) is 26.9. The Kier molecular flexibility index (Phi) is 6.93. The van der Waals surface area contributed by atoms with Crippen LogP contribution in [0.15, 0.2) is 30.6 Å². The predicted octanol–water partition coefficient (Wildman–Crippen LogP) is 4.24. The lowest BCUT2D eigenvalue weighted by Crippen LogP contribution is -2.09. The van der Waals surface area contributed by atoms with Gasteiger partial charge in [-0.15, -0.1) is 0 Å². The predicted molar refractivity (Wildman–Crippen MR) is 117 cm³/mol. The van der Waals surface area contributed by atoms with Crippen LogP contribution in [0.3, 0.4) is 0 Å². The summed E-state index contributed by atoms with van der Waals surface area (Å²) in [6.45, 7) is 2.10. The first kappa shape index (κ1) is 20.9. The van der Waals surface area contributed by atoms with Crippen LogP contribution >= 0.6 is 0 Å². The standard InChI is InChI=1S/C19H21N5O.C3H9N/c1-2-13-7-8-17(20-10-13)22-19-21-11-14-9-16(12-25)24(18(14)23-19)15-5-3-4-6-15;1-4(2)3/h7-12,15H,2-6H2,1H3,(H,20,21,22,23);1-3H3. The summed E-state index contributed by atoms with van der Waals surface area (Å²) in [6.07, 6.45) is 10.1. The summed E-state index contributed by atoms with van der Waals surface area (Å²) in [7, 11) is 6.00. The topological polar surface area (TPSA) is 75.9 Å². The van der Waals surface area contributed by atoms with E-state index < -0.39 is 0 Å². The van der Waals surface area contributed by atoms with E-state index >= 15 is 0 Å². The van der Waals surface area contributed by atoms with Crippen molar-refractivity contribution in [2.45, 2.75) is 45.1 Å². The quantitative estimate of drug-likeness (QED) is 0.653. The molecule has 7 nitrogen and oxygen atoms in total. The van der Waals surface area contributed by atoms with Gasteiger partial charge in [-0.1, -0.05) is 25.8 Å². The Balaban J connectivity index is 0.000000552. The molecule has 0 saturated heterocycles. The van der Waals surface area contributed by atoms with Crippen molar-refractivity contribution < 1.29 is 4.79 Å². The number of anilines is 2. The number of carbonyl (C=O) groups excluding carboxylic acids is 1. The molecule has 1 saturated carbocycles. The number of hydrogen-bond acceptors (Lipinski definition) is 6. The first-order chi connectivity index (χ1) is 14.0. The number of fused-ring (bicyclic) bond motifs is 1. The average molecular weight is 395 g/mol. The molecule has 0 aromatic carbocycles. The first-order valence-corrected chi connectivity index (χ1v) is 10.2. The lowest BCUT2D eigenvalue weighted by Gasteiger charge is -2.15. The highest BCUT2D eigenvalue weighted by Gasteiger charge is 2.22. The molecule has 0 radical (unpaired) electrons. The summed E-state index contributed by atoms with van der Waals surface area (Å²) in [5.74, 6) is 1.21. The molecule has 154 valence electrons. The van der Waals surface area contributed by atoms with Gasteiger partial charge < -0.3 is 14.8 Å². The van der Waals surface area contributed by atoms with Gasteiger partial charge in [0.15, 0.2) is 6.29 Å². The van der Waals surface area contributed by atoms with E-state index in [4.69, 9.17) is 0 Å². The minimum atomic E-state index is 0.349. The maximum absolute atomic E-state index is 11.5. The van der Waals surface area contributed by atoms with E-state index in [9.17, 15) is 4.79 Å². The Morgan fingerprint density at radius 1 is 1.17 bits per heavy atom. The van der Waals surface area contributed by atoms with Crippen molar-refractivity contribution in [2.24, 2.45) is 0 Å². The van der Waals surface area contributed by atoms with Gasteiger partial charge >= 0.3 is 0 Å². The van der Waals surface area contributed by atoms with Crippen molar-refractivity contribution in [3.8, 4) is 0 Å². The van der Waals surface area contributed by atoms with Gasteiger partial charge in [0.1, 0.15) is 11.5 Å². The van der Waals surface area contributed by atoms with Crippen molar-refractivity contribution in [3.05, 3.63) is 41.9 Å². The highest BCUT2D eigenvalue weighted by molar-refractivity contribution is 5.87. The van der Waals surface area contributed by atoms with Crippen molar-refractivity contribution in [2.75, 3.05) is 26.5 Å². The van der Waals surface area contributed by atoms with E-state index in [-0.39, 0.29) is 0 Å². The van der Waals surface area contributed by atoms with Crippen LogP contribution in [0, 0.1) is 0 Å². The fourth-order valence-electron chi connectivity index (χ4n) is 3.55.